The zero-order valence-corrected chi connectivity index (χ0v) is 13.1. The van der Waals surface area contributed by atoms with Crippen molar-refractivity contribution in [3.63, 3.8) is 0 Å². The van der Waals surface area contributed by atoms with Crippen molar-refractivity contribution in [1.29, 1.82) is 5.26 Å². The molecule has 1 aromatic carbocycles. The Labute approximate surface area is 127 Å². The molecule has 2 rings (SSSR count). The van der Waals surface area contributed by atoms with Crippen LogP contribution in [0.5, 0.6) is 0 Å². The Hall–Kier alpha value is -1.54. The van der Waals surface area contributed by atoms with Crippen molar-refractivity contribution in [2.75, 3.05) is 18.0 Å². The van der Waals surface area contributed by atoms with E-state index in [0.29, 0.717) is 12.0 Å². The third-order valence-corrected chi connectivity index (χ3v) is 4.02. The molecule has 1 N–H and O–H groups in total. The minimum atomic E-state index is 0.0909. The first-order valence-corrected chi connectivity index (χ1v) is 7.67. The molecule has 106 valence electrons. The lowest BCUT2D eigenvalue weighted by atomic mass is 10.0. The van der Waals surface area contributed by atoms with E-state index >= 15 is 0 Å². The Kier molecular flexibility index (Phi) is 5.02. The van der Waals surface area contributed by atoms with E-state index in [9.17, 15) is 10.1 Å². The van der Waals surface area contributed by atoms with Gasteiger partial charge >= 0.3 is 0 Å². The minimum absolute atomic E-state index is 0.0909. The van der Waals surface area contributed by atoms with Gasteiger partial charge in [-0.2, -0.15) is 5.26 Å². The molecule has 1 heterocycles. The fourth-order valence-corrected chi connectivity index (χ4v) is 2.88. The molecule has 5 heteroatoms. The van der Waals surface area contributed by atoms with Crippen molar-refractivity contribution < 1.29 is 4.79 Å². The number of nitrogens with one attached hydrogen (secondary N) is 1. The van der Waals surface area contributed by atoms with Crippen LogP contribution in [0.3, 0.4) is 0 Å². The molecule has 1 fully saturated rings. The summed E-state index contributed by atoms with van der Waals surface area (Å²) in [6.45, 7) is 3.55. The maximum Gasteiger partial charge on any atom is 0.219 e. The largest absolute Gasteiger partial charge is 0.368 e. The Balaban J connectivity index is 2.13. The number of anilines is 1. The molecule has 0 spiro atoms. The second-order valence-electron chi connectivity index (χ2n) is 4.98. The van der Waals surface area contributed by atoms with Gasteiger partial charge in [-0.05, 0) is 31.0 Å². The Morgan fingerprint density at radius 3 is 3.10 bits per heavy atom. The van der Waals surface area contributed by atoms with Gasteiger partial charge < -0.3 is 10.2 Å². The van der Waals surface area contributed by atoms with Gasteiger partial charge in [0.25, 0.3) is 0 Å². The van der Waals surface area contributed by atoms with E-state index in [1.807, 2.05) is 25.1 Å². The van der Waals surface area contributed by atoms with Gasteiger partial charge in [-0.15, -0.1) is 0 Å². The maximum absolute atomic E-state index is 11.5. The predicted octanol–water partition coefficient (Wildman–Crippen LogP) is 2.82. The number of hydrogen-bond acceptors (Lipinski definition) is 3. The molecular formula is C15H18BrN3O. The van der Waals surface area contributed by atoms with Gasteiger partial charge in [-0.3, -0.25) is 4.79 Å². The highest BCUT2D eigenvalue weighted by Crippen LogP contribution is 2.26. The van der Waals surface area contributed by atoms with Crippen LogP contribution in [0.1, 0.15) is 31.7 Å². The molecule has 0 saturated carbocycles. The number of piperidine rings is 1. The SMILES string of the molecule is CCC(=O)N[C@H]1CCCN(c2ccc(Br)cc2C#N)C1. The summed E-state index contributed by atoms with van der Waals surface area (Å²) in [5.41, 5.74) is 1.62. The first-order valence-electron chi connectivity index (χ1n) is 6.88. The molecule has 1 amide bonds. The number of amides is 1. The molecule has 4 nitrogen and oxygen atoms in total. The fraction of sp³-hybridized carbons (Fsp3) is 0.467. The van der Waals surface area contributed by atoms with E-state index in [1.54, 1.807) is 0 Å². The van der Waals surface area contributed by atoms with Crippen molar-refractivity contribution >= 4 is 27.5 Å². The number of hydrogen-bond donors (Lipinski definition) is 1. The van der Waals surface area contributed by atoms with Crippen molar-refractivity contribution in [2.24, 2.45) is 0 Å². The van der Waals surface area contributed by atoms with Gasteiger partial charge in [0.15, 0.2) is 0 Å². The zero-order valence-electron chi connectivity index (χ0n) is 11.5. The number of halogens is 1. The van der Waals surface area contributed by atoms with E-state index in [4.69, 9.17) is 0 Å². The summed E-state index contributed by atoms with van der Waals surface area (Å²) in [5.74, 6) is 0.0909. The van der Waals surface area contributed by atoms with Crippen LogP contribution in [0.25, 0.3) is 0 Å². The van der Waals surface area contributed by atoms with Crippen LogP contribution in [0.2, 0.25) is 0 Å². The molecular weight excluding hydrogens is 318 g/mol. The molecule has 0 radical (unpaired) electrons. The molecule has 1 aliphatic heterocycles. The van der Waals surface area contributed by atoms with Crippen LogP contribution in [0.15, 0.2) is 22.7 Å². The van der Waals surface area contributed by atoms with Gasteiger partial charge in [0.05, 0.1) is 11.3 Å². The number of nitrogens with zero attached hydrogens (tertiary/aromatic N) is 2. The Bertz CT molecular complexity index is 538. The van der Waals surface area contributed by atoms with Gasteiger partial charge in [-0.1, -0.05) is 22.9 Å². The van der Waals surface area contributed by atoms with E-state index in [1.165, 1.54) is 0 Å². The molecule has 1 saturated heterocycles. The van der Waals surface area contributed by atoms with Crippen LogP contribution in [-0.4, -0.2) is 25.0 Å². The van der Waals surface area contributed by atoms with Crippen LogP contribution in [-0.2, 0) is 4.79 Å². The lowest BCUT2D eigenvalue weighted by Gasteiger charge is -2.35. The van der Waals surface area contributed by atoms with Gasteiger partial charge in [0, 0.05) is 30.0 Å². The van der Waals surface area contributed by atoms with E-state index < -0.39 is 0 Å². The molecule has 20 heavy (non-hydrogen) atoms. The van der Waals surface area contributed by atoms with Crippen LogP contribution in [0, 0.1) is 11.3 Å². The molecule has 1 aliphatic rings. The quantitative estimate of drug-likeness (QED) is 0.923. The summed E-state index contributed by atoms with van der Waals surface area (Å²) in [4.78, 5) is 13.7. The Morgan fingerprint density at radius 2 is 2.40 bits per heavy atom. The number of carbonyl (C=O) groups excluding carboxylic acids is 1. The molecule has 0 bridgehead atoms. The third-order valence-electron chi connectivity index (χ3n) is 3.53. The lowest BCUT2D eigenvalue weighted by Crippen LogP contribution is -2.47. The predicted molar refractivity (Wildman–Crippen MR) is 82.5 cm³/mol. The summed E-state index contributed by atoms with van der Waals surface area (Å²) in [7, 11) is 0. The fourth-order valence-electron chi connectivity index (χ4n) is 2.52. The summed E-state index contributed by atoms with van der Waals surface area (Å²) in [5, 5.41) is 12.3. The van der Waals surface area contributed by atoms with Gasteiger partial charge in [0.1, 0.15) is 6.07 Å². The minimum Gasteiger partial charge on any atom is -0.368 e. The lowest BCUT2D eigenvalue weighted by molar-refractivity contribution is -0.121. The highest BCUT2D eigenvalue weighted by molar-refractivity contribution is 9.10. The van der Waals surface area contributed by atoms with Crippen molar-refractivity contribution in [1.82, 2.24) is 5.32 Å². The molecule has 0 aromatic heterocycles. The summed E-state index contributed by atoms with van der Waals surface area (Å²) in [6.07, 6.45) is 2.54. The van der Waals surface area contributed by atoms with Gasteiger partial charge in [-0.25, -0.2) is 0 Å². The molecule has 0 unspecified atom stereocenters. The molecule has 0 aliphatic carbocycles. The van der Waals surface area contributed by atoms with Crippen LogP contribution in [0.4, 0.5) is 5.69 Å². The van der Waals surface area contributed by atoms with Crippen LogP contribution >= 0.6 is 15.9 Å². The first kappa shape index (κ1) is 14.9. The normalized spacial score (nSPS) is 18.4. The van der Waals surface area contributed by atoms with Crippen molar-refractivity contribution in [3.05, 3.63) is 28.2 Å². The van der Waals surface area contributed by atoms with Crippen molar-refractivity contribution in [3.8, 4) is 6.07 Å². The van der Waals surface area contributed by atoms with Gasteiger partial charge in [0.2, 0.25) is 5.91 Å². The second-order valence-corrected chi connectivity index (χ2v) is 5.90. The second kappa shape index (κ2) is 6.76. The highest BCUT2D eigenvalue weighted by atomic mass is 79.9. The summed E-state index contributed by atoms with van der Waals surface area (Å²) in [6, 6.07) is 8.16. The van der Waals surface area contributed by atoms with Crippen LogP contribution < -0.4 is 10.2 Å². The number of carbonyl (C=O) groups is 1. The number of benzene rings is 1. The monoisotopic (exact) mass is 335 g/mol. The Morgan fingerprint density at radius 1 is 1.60 bits per heavy atom. The van der Waals surface area contributed by atoms with E-state index in [0.717, 1.165) is 36.1 Å². The number of nitriles is 1. The summed E-state index contributed by atoms with van der Waals surface area (Å²) < 4.78 is 0.908. The smallest absolute Gasteiger partial charge is 0.219 e. The average Bonchev–Trinajstić information content (AvgIpc) is 2.47. The standard InChI is InChI=1S/C15H18BrN3O/c1-2-15(20)18-13-4-3-7-19(10-13)14-6-5-12(16)8-11(14)9-17/h5-6,8,13H,2-4,7,10H2,1H3,(H,18,20)/t13-/m0/s1. The highest BCUT2D eigenvalue weighted by Gasteiger charge is 2.22. The van der Waals surface area contributed by atoms with E-state index in [-0.39, 0.29) is 11.9 Å². The molecule has 1 aromatic rings. The van der Waals surface area contributed by atoms with Crippen molar-refractivity contribution in [2.45, 2.75) is 32.2 Å². The number of rotatable bonds is 3. The summed E-state index contributed by atoms with van der Waals surface area (Å²) >= 11 is 3.39. The topological polar surface area (TPSA) is 56.1 Å². The maximum atomic E-state index is 11.5. The third kappa shape index (κ3) is 3.51. The van der Waals surface area contributed by atoms with E-state index in [2.05, 4.69) is 32.2 Å². The average molecular weight is 336 g/mol. The molecule has 1 atom stereocenters. The zero-order chi connectivity index (χ0) is 14.5. The first-order chi connectivity index (χ1) is 9.63.